The van der Waals surface area contributed by atoms with Crippen LogP contribution in [0.25, 0.3) is 0 Å². The first-order valence-corrected chi connectivity index (χ1v) is 6.20. The van der Waals surface area contributed by atoms with Crippen LogP contribution in [0.15, 0.2) is 6.20 Å². The average Bonchev–Trinajstić information content (AvgIpc) is 2.75. The Morgan fingerprint density at radius 1 is 1.62 bits per heavy atom. The molecule has 2 atom stereocenters. The van der Waals surface area contributed by atoms with Gasteiger partial charge >= 0.3 is 0 Å². The van der Waals surface area contributed by atoms with E-state index in [9.17, 15) is 0 Å². The number of nitrogens with zero attached hydrogens (tertiary/aromatic N) is 3. The van der Waals surface area contributed by atoms with E-state index < -0.39 is 0 Å². The summed E-state index contributed by atoms with van der Waals surface area (Å²) in [6, 6.07) is 0.701. The van der Waals surface area contributed by atoms with Crippen molar-refractivity contribution < 1.29 is 0 Å². The second-order valence-corrected chi connectivity index (χ2v) is 5.37. The van der Waals surface area contributed by atoms with Gasteiger partial charge in [-0.05, 0) is 37.6 Å². The van der Waals surface area contributed by atoms with Crippen molar-refractivity contribution in [3.05, 3.63) is 11.9 Å². The maximum atomic E-state index is 4.19. The maximum Gasteiger partial charge on any atom is 0.0832 e. The highest BCUT2D eigenvalue weighted by atomic mass is 15.4. The summed E-state index contributed by atoms with van der Waals surface area (Å²) in [5.41, 5.74) is 1.53. The summed E-state index contributed by atoms with van der Waals surface area (Å²) in [7, 11) is 1.93. The largest absolute Gasteiger partial charge is 0.314 e. The molecule has 1 aliphatic rings. The Balaban J connectivity index is 1.94. The SMILES string of the molecule is CCNC1CCC(C)(Cc2cn(C)nn2)C1. The fourth-order valence-corrected chi connectivity index (χ4v) is 2.86. The van der Waals surface area contributed by atoms with Crippen LogP contribution >= 0.6 is 0 Å². The molecule has 1 aromatic heterocycles. The molecule has 0 spiro atoms. The van der Waals surface area contributed by atoms with Crippen LogP contribution in [0.2, 0.25) is 0 Å². The zero-order chi connectivity index (χ0) is 11.6. The fourth-order valence-electron chi connectivity index (χ4n) is 2.86. The summed E-state index contributed by atoms with van der Waals surface area (Å²) in [4.78, 5) is 0. The molecule has 0 saturated heterocycles. The molecule has 0 aliphatic heterocycles. The molecule has 0 bridgehead atoms. The molecule has 0 aromatic carbocycles. The lowest BCUT2D eigenvalue weighted by Crippen LogP contribution is -2.28. The lowest BCUT2D eigenvalue weighted by Gasteiger charge is -2.22. The molecule has 0 amide bonds. The molecule has 4 heteroatoms. The van der Waals surface area contributed by atoms with E-state index in [-0.39, 0.29) is 0 Å². The number of aryl methyl sites for hydroxylation is 1. The minimum Gasteiger partial charge on any atom is -0.314 e. The maximum absolute atomic E-state index is 4.19. The Kier molecular flexibility index (Phi) is 3.28. The number of aromatic nitrogens is 3. The molecule has 4 nitrogen and oxygen atoms in total. The van der Waals surface area contributed by atoms with Crippen molar-refractivity contribution in [2.45, 2.75) is 45.6 Å². The van der Waals surface area contributed by atoms with Crippen molar-refractivity contribution in [3.63, 3.8) is 0 Å². The Morgan fingerprint density at radius 3 is 3.06 bits per heavy atom. The van der Waals surface area contributed by atoms with Gasteiger partial charge in [-0.1, -0.05) is 19.1 Å². The van der Waals surface area contributed by atoms with Gasteiger partial charge < -0.3 is 5.32 Å². The van der Waals surface area contributed by atoms with Gasteiger partial charge in [0.05, 0.1) is 5.69 Å². The fraction of sp³-hybridized carbons (Fsp3) is 0.833. The van der Waals surface area contributed by atoms with Gasteiger partial charge in [0.25, 0.3) is 0 Å². The number of nitrogens with one attached hydrogen (secondary N) is 1. The van der Waals surface area contributed by atoms with Crippen molar-refractivity contribution in [1.29, 1.82) is 0 Å². The third-order valence-corrected chi connectivity index (χ3v) is 3.59. The van der Waals surface area contributed by atoms with Crippen molar-refractivity contribution >= 4 is 0 Å². The first-order valence-electron chi connectivity index (χ1n) is 6.20. The highest BCUT2D eigenvalue weighted by molar-refractivity contribution is 5.01. The van der Waals surface area contributed by atoms with Crippen LogP contribution in [0.1, 0.15) is 38.8 Å². The standard InChI is InChI=1S/C12H22N4/c1-4-13-10-5-6-12(2,7-10)8-11-9-16(3)15-14-11/h9-10,13H,4-8H2,1-3H3. The molecule has 2 rings (SSSR count). The minimum atomic E-state index is 0.406. The predicted octanol–water partition coefficient (Wildman–Crippen LogP) is 1.53. The highest BCUT2D eigenvalue weighted by Gasteiger charge is 2.35. The summed E-state index contributed by atoms with van der Waals surface area (Å²) >= 11 is 0. The molecule has 1 aromatic rings. The number of hydrogen-bond donors (Lipinski definition) is 1. The van der Waals surface area contributed by atoms with E-state index in [0.717, 1.165) is 18.7 Å². The summed E-state index contributed by atoms with van der Waals surface area (Å²) in [5, 5.41) is 11.7. The highest BCUT2D eigenvalue weighted by Crippen LogP contribution is 2.40. The van der Waals surface area contributed by atoms with Crippen LogP contribution in [0.4, 0.5) is 0 Å². The van der Waals surface area contributed by atoms with Crippen molar-refractivity contribution in [2.24, 2.45) is 12.5 Å². The summed E-state index contributed by atoms with van der Waals surface area (Å²) in [6.07, 6.45) is 6.94. The van der Waals surface area contributed by atoms with E-state index >= 15 is 0 Å². The molecule has 2 unspecified atom stereocenters. The van der Waals surface area contributed by atoms with E-state index in [4.69, 9.17) is 0 Å². The first-order chi connectivity index (χ1) is 7.61. The van der Waals surface area contributed by atoms with Gasteiger partial charge in [-0.3, -0.25) is 4.68 Å². The first kappa shape index (κ1) is 11.6. The van der Waals surface area contributed by atoms with Gasteiger partial charge in [0.2, 0.25) is 0 Å². The third-order valence-electron chi connectivity index (χ3n) is 3.59. The zero-order valence-electron chi connectivity index (χ0n) is 10.5. The van der Waals surface area contributed by atoms with E-state index in [0.29, 0.717) is 11.5 Å². The summed E-state index contributed by atoms with van der Waals surface area (Å²) in [6.45, 7) is 5.63. The molecular formula is C12H22N4. The molecule has 1 fully saturated rings. The van der Waals surface area contributed by atoms with Crippen LogP contribution in [0, 0.1) is 5.41 Å². The number of hydrogen-bond acceptors (Lipinski definition) is 3. The van der Waals surface area contributed by atoms with Gasteiger partial charge in [-0.2, -0.15) is 0 Å². The van der Waals surface area contributed by atoms with Crippen molar-refractivity contribution in [3.8, 4) is 0 Å². The Bertz CT molecular complexity index is 347. The van der Waals surface area contributed by atoms with E-state index in [1.165, 1.54) is 19.3 Å². The quantitative estimate of drug-likeness (QED) is 0.840. The average molecular weight is 222 g/mol. The minimum absolute atomic E-state index is 0.406. The monoisotopic (exact) mass is 222 g/mol. The molecule has 1 saturated carbocycles. The Labute approximate surface area is 97.4 Å². The van der Waals surface area contributed by atoms with Crippen LogP contribution < -0.4 is 5.32 Å². The smallest absolute Gasteiger partial charge is 0.0832 e. The van der Waals surface area contributed by atoms with Gasteiger partial charge in [0, 0.05) is 19.3 Å². The van der Waals surface area contributed by atoms with Crippen LogP contribution in [-0.2, 0) is 13.5 Å². The third kappa shape index (κ3) is 2.61. The lowest BCUT2D eigenvalue weighted by molar-refractivity contribution is 0.319. The normalized spacial score (nSPS) is 29.8. The molecule has 16 heavy (non-hydrogen) atoms. The number of rotatable bonds is 4. The Morgan fingerprint density at radius 2 is 2.44 bits per heavy atom. The van der Waals surface area contributed by atoms with E-state index in [1.54, 1.807) is 4.68 Å². The van der Waals surface area contributed by atoms with Gasteiger partial charge in [0.1, 0.15) is 0 Å². The van der Waals surface area contributed by atoms with Gasteiger partial charge in [-0.25, -0.2) is 0 Å². The summed E-state index contributed by atoms with van der Waals surface area (Å²) in [5.74, 6) is 0. The second-order valence-electron chi connectivity index (χ2n) is 5.37. The van der Waals surface area contributed by atoms with E-state index in [1.807, 2.05) is 13.2 Å². The predicted molar refractivity (Wildman–Crippen MR) is 64.1 cm³/mol. The van der Waals surface area contributed by atoms with E-state index in [2.05, 4.69) is 29.5 Å². The summed E-state index contributed by atoms with van der Waals surface area (Å²) < 4.78 is 1.79. The van der Waals surface area contributed by atoms with Crippen molar-refractivity contribution in [2.75, 3.05) is 6.54 Å². The zero-order valence-corrected chi connectivity index (χ0v) is 10.5. The second kappa shape index (κ2) is 4.53. The van der Waals surface area contributed by atoms with Gasteiger partial charge in [-0.15, -0.1) is 5.10 Å². The topological polar surface area (TPSA) is 42.7 Å². The van der Waals surface area contributed by atoms with Gasteiger partial charge in [0.15, 0.2) is 0 Å². The molecule has 1 aliphatic carbocycles. The molecular weight excluding hydrogens is 200 g/mol. The lowest BCUT2D eigenvalue weighted by atomic mass is 9.84. The molecule has 1 heterocycles. The Hall–Kier alpha value is -0.900. The van der Waals surface area contributed by atoms with Crippen LogP contribution in [0.5, 0.6) is 0 Å². The molecule has 1 N–H and O–H groups in total. The van der Waals surface area contributed by atoms with Crippen LogP contribution in [0.3, 0.4) is 0 Å². The molecule has 90 valence electrons. The van der Waals surface area contributed by atoms with Crippen LogP contribution in [-0.4, -0.2) is 27.6 Å². The molecule has 0 radical (unpaired) electrons. The van der Waals surface area contributed by atoms with Crippen molar-refractivity contribution in [1.82, 2.24) is 20.3 Å².